The lowest BCUT2D eigenvalue weighted by molar-refractivity contribution is -0.119. The Morgan fingerprint density at radius 3 is 2.64 bits per heavy atom. The number of amides is 2. The highest BCUT2D eigenvalue weighted by Crippen LogP contribution is 2.35. The van der Waals surface area contributed by atoms with Gasteiger partial charge in [0.05, 0.1) is 24.5 Å². The Bertz CT molecular complexity index is 1200. The zero-order valence-corrected chi connectivity index (χ0v) is 18.9. The van der Waals surface area contributed by atoms with Gasteiger partial charge in [0.2, 0.25) is 5.91 Å². The Labute approximate surface area is 192 Å². The van der Waals surface area contributed by atoms with Crippen molar-refractivity contribution >= 4 is 17.6 Å². The normalized spacial score (nSPS) is 17.9. The van der Waals surface area contributed by atoms with Crippen LogP contribution in [0.15, 0.2) is 42.7 Å². The first-order valence-corrected chi connectivity index (χ1v) is 11.3. The van der Waals surface area contributed by atoms with Crippen molar-refractivity contribution in [1.82, 2.24) is 24.8 Å². The molecule has 2 aliphatic heterocycles. The second kappa shape index (κ2) is 8.69. The fraction of sp³-hybridized carbons (Fsp3) is 0.360. The van der Waals surface area contributed by atoms with Crippen molar-refractivity contribution in [3.8, 4) is 0 Å². The van der Waals surface area contributed by atoms with Crippen molar-refractivity contribution in [2.75, 3.05) is 11.4 Å². The number of aromatic nitrogens is 4. The summed E-state index contributed by atoms with van der Waals surface area (Å²) in [6.07, 6.45) is 5.84. The molecular weight excluding hydrogens is 416 g/mol. The van der Waals surface area contributed by atoms with E-state index in [0.717, 1.165) is 35.4 Å². The average molecular weight is 443 g/mol. The maximum atomic E-state index is 13.2. The van der Waals surface area contributed by atoms with Crippen molar-refractivity contribution < 1.29 is 9.59 Å². The van der Waals surface area contributed by atoms with Crippen LogP contribution in [0, 0.1) is 13.8 Å². The lowest BCUT2D eigenvalue weighted by Crippen LogP contribution is -2.37. The van der Waals surface area contributed by atoms with Crippen LogP contribution in [0.25, 0.3) is 0 Å². The van der Waals surface area contributed by atoms with E-state index in [1.807, 2.05) is 44.2 Å². The molecule has 1 saturated heterocycles. The Morgan fingerprint density at radius 2 is 1.88 bits per heavy atom. The molecule has 1 fully saturated rings. The summed E-state index contributed by atoms with van der Waals surface area (Å²) in [4.78, 5) is 47.8. The molecule has 0 saturated carbocycles. The predicted octanol–water partition coefficient (Wildman–Crippen LogP) is 3.34. The summed E-state index contributed by atoms with van der Waals surface area (Å²) in [6, 6.07) is 9.67. The molecule has 1 atom stereocenters. The van der Waals surface area contributed by atoms with Gasteiger partial charge in [-0.2, -0.15) is 0 Å². The molecule has 8 heteroatoms. The molecule has 4 heterocycles. The molecule has 1 aromatic carbocycles. The largest absolute Gasteiger partial charge is 0.327 e. The van der Waals surface area contributed by atoms with E-state index in [2.05, 4.69) is 9.97 Å². The molecular formula is C25H26N6O2. The van der Waals surface area contributed by atoms with Gasteiger partial charge in [0.1, 0.15) is 11.5 Å². The number of carbonyl (C=O) groups excluding carboxylic acids is 2. The number of rotatable bonds is 4. The third-order valence-electron chi connectivity index (χ3n) is 6.35. The molecule has 0 radical (unpaired) electrons. The number of nitrogens with zero attached hydrogens (tertiary/aromatic N) is 6. The minimum Gasteiger partial charge on any atom is -0.327 e. The van der Waals surface area contributed by atoms with E-state index in [9.17, 15) is 9.59 Å². The van der Waals surface area contributed by atoms with Crippen LogP contribution in [0.4, 0.5) is 5.82 Å². The monoisotopic (exact) mass is 442 g/mol. The van der Waals surface area contributed by atoms with E-state index in [1.54, 1.807) is 16.0 Å². The predicted molar refractivity (Wildman–Crippen MR) is 123 cm³/mol. The Morgan fingerprint density at radius 1 is 1.06 bits per heavy atom. The zero-order valence-electron chi connectivity index (χ0n) is 18.9. The number of fused-ring (bicyclic) bond motifs is 1. The second-order valence-corrected chi connectivity index (χ2v) is 8.63. The van der Waals surface area contributed by atoms with E-state index in [0.29, 0.717) is 43.3 Å². The highest BCUT2D eigenvalue weighted by molar-refractivity contribution is 5.95. The Kier molecular flexibility index (Phi) is 5.58. The molecule has 33 heavy (non-hydrogen) atoms. The van der Waals surface area contributed by atoms with Crippen molar-refractivity contribution in [1.29, 1.82) is 0 Å². The molecule has 2 aliphatic rings. The highest BCUT2D eigenvalue weighted by Gasteiger charge is 2.36. The van der Waals surface area contributed by atoms with Crippen LogP contribution < -0.4 is 4.90 Å². The number of hydrogen-bond acceptors (Lipinski definition) is 6. The summed E-state index contributed by atoms with van der Waals surface area (Å²) >= 11 is 0. The SMILES string of the molecule is Cc1cnc(C(=O)N2CCCC2c2nc(C)c3c(n2)N(Cc2ccccc2)C(=O)CC3)cn1. The highest BCUT2D eigenvalue weighted by atomic mass is 16.2. The molecule has 0 spiro atoms. The molecule has 0 bridgehead atoms. The number of aryl methyl sites for hydroxylation is 2. The van der Waals surface area contributed by atoms with Crippen LogP contribution in [-0.4, -0.2) is 43.2 Å². The lowest BCUT2D eigenvalue weighted by atomic mass is 10.0. The van der Waals surface area contributed by atoms with E-state index in [-0.39, 0.29) is 17.9 Å². The summed E-state index contributed by atoms with van der Waals surface area (Å²) in [5.74, 6) is 1.16. The standard InChI is InChI=1S/C25H26N6O2/c1-16-13-27-20(14-26-16)25(33)30-12-6-9-21(30)23-28-17(2)19-10-11-22(32)31(24(19)29-23)15-18-7-4-3-5-8-18/h3-5,7-8,13-14,21H,6,9-12,15H2,1-2H3. The minimum absolute atomic E-state index is 0.0599. The fourth-order valence-corrected chi connectivity index (χ4v) is 4.61. The smallest absolute Gasteiger partial charge is 0.274 e. The molecule has 8 nitrogen and oxygen atoms in total. The summed E-state index contributed by atoms with van der Waals surface area (Å²) in [7, 11) is 0. The summed E-state index contributed by atoms with van der Waals surface area (Å²) in [5, 5.41) is 0. The van der Waals surface area contributed by atoms with Crippen LogP contribution in [0.5, 0.6) is 0 Å². The molecule has 0 aliphatic carbocycles. The van der Waals surface area contributed by atoms with Crippen LogP contribution in [0.1, 0.15) is 64.1 Å². The maximum absolute atomic E-state index is 13.2. The molecule has 2 aromatic heterocycles. The molecule has 1 unspecified atom stereocenters. The number of carbonyl (C=O) groups is 2. The van der Waals surface area contributed by atoms with Gasteiger partial charge in [-0.05, 0) is 38.7 Å². The van der Waals surface area contributed by atoms with Crippen LogP contribution in [-0.2, 0) is 17.8 Å². The number of benzene rings is 1. The van der Waals surface area contributed by atoms with Crippen LogP contribution in [0.2, 0.25) is 0 Å². The zero-order chi connectivity index (χ0) is 22.9. The second-order valence-electron chi connectivity index (χ2n) is 8.63. The first-order valence-electron chi connectivity index (χ1n) is 11.3. The summed E-state index contributed by atoms with van der Waals surface area (Å²) in [6.45, 7) is 4.89. The summed E-state index contributed by atoms with van der Waals surface area (Å²) in [5.41, 5.74) is 4.01. The van der Waals surface area contributed by atoms with Crippen LogP contribution in [0.3, 0.4) is 0 Å². The van der Waals surface area contributed by atoms with E-state index < -0.39 is 0 Å². The topological polar surface area (TPSA) is 92.2 Å². The molecule has 0 N–H and O–H groups in total. The molecule has 2 amide bonds. The first kappa shape index (κ1) is 21.2. The van der Waals surface area contributed by atoms with Gasteiger partial charge in [-0.1, -0.05) is 30.3 Å². The van der Waals surface area contributed by atoms with E-state index in [1.165, 1.54) is 6.20 Å². The Balaban J connectivity index is 1.49. The van der Waals surface area contributed by atoms with Gasteiger partial charge in [0, 0.05) is 30.4 Å². The van der Waals surface area contributed by atoms with Gasteiger partial charge in [0.15, 0.2) is 5.82 Å². The quantitative estimate of drug-likeness (QED) is 0.615. The van der Waals surface area contributed by atoms with Gasteiger partial charge in [-0.3, -0.25) is 19.5 Å². The van der Waals surface area contributed by atoms with Crippen molar-refractivity contribution in [3.63, 3.8) is 0 Å². The first-order chi connectivity index (χ1) is 16.0. The van der Waals surface area contributed by atoms with E-state index >= 15 is 0 Å². The van der Waals surface area contributed by atoms with Crippen molar-refractivity contribution in [3.05, 3.63) is 76.8 Å². The van der Waals surface area contributed by atoms with Gasteiger partial charge in [-0.25, -0.2) is 15.0 Å². The number of anilines is 1. The maximum Gasteiger partial charge on any atom is 0.274 e. The van der Waals surface area contributed by atoms with Gasteiger partial charge in [0.25, 0.3) is 5.91 Å². The third-order valence-corrected chi connectivity index (χ3v) is 6.35. The average Bonchev–Trinajstić information content (AvgIpc) is 3.31. The summed E-state index contributed by atoms with van der Waals surface area (Å²) < 4.78 is 0. The van der Waals surface area contributed by atoms with Gasteiger partial charge in [-0.15, -0.1) is 0 Å². The molecule has 3 aromatic rings. The Hall–Kier alpha value is -3.68. The number of likely N-dealkylation sites (tertiary alicyclic amines) is 1. The lowest BCUT2D eigenvalue weighted by Gasteiger charge is -2.31. The third kappa shape index (κ3) is 4.08. The molecule has 5 rings (SSSR count). The minimum atomic E-state index is -0.250. The van der Waals surface area contributed by atoms with Crippen molar-refractivity contribution in [2.45, 2.75) is 52.1 Å². The van der Waals surface area contributed by atoms with Gasteiger partial charge < -0.3 is 4.90 Å². The van der Waals surface area contributed by atoms with Crippen LogP contribution >= 0.6 is 0 Å². The van der Waals surface area contributed by atoms with E-state index in [4.69, 9.17) is 9.97 Å². The number of hydrogen-bond donors (Lipinski definition) is 0. The van der Waals surface area contributed by atoms with Crippen molar-refractivity contribution in [2.24, 2.45) is 0 Å². The molecule has 168 valence electrons. The fourth-order valence-electron chi connectivity index (χ4n) is 4.61. The van der Waals surface area contributed by atoms with Gasteiger partial charge >= 0.3 is 0 Å².